The highest BCUT2D eigenvalue weighted by Crippen LogP contribution is 2.37. The van der Waals surface area contributed by atoms with E-state index in [2.05, 4.69) is 38.2 Å². The summed E-state index contributed by atoms with van der Waals surface area (Å²) < 4.78 is 41.9. The first-order valence-electron chi connectivity index (χ1n) is 12.6. The van der Waals surface area contributed by atoms with Gasteiger partial charge in [0, 0.05) is 30.9 Å². The molecule has 6 nitrogen and oxygen atoms in total. The van der Waals surface area contributed by atoms with E-state index in [0.717, 1.165) is 18.5 Å². The number of nitrogens with zero attached hydrogens (tertiary/aromatic N) is 5. The van der Waals surface area contributed by atoms with Crippen LogP contribution in [0.25, 0.3) is 11.0 Å². The molecule has 3 heterocycles. The number of pyridine rings is 1. The number of fused-ring (bicyclic) bond motifs is 1. The molecule has 0 aromatic carbocycles. The summed E-state index contributed by atoms with van der Waals surface area (Å²) in [6.07, 6.45) is 6.47. The third-order valence-corrected chi connectivity index (χ3v) is 6.98. The number of hydrogen-bond donors (Lipinski definition) is 1. The summed E-state index contributed by atoms with van der Waals surface area (Å²) in [6, 6.07) is 2.44. The molecule has 1 aliphatic carbocycles. The molecule has 0 saturated heterocycles. The minimum absolute atomic E-state index is 0.0207. The lowest BCUT2D eigenvalue weighted by atomic mass is 9.89. The molecular formula is C26H35F3N6. The van der Waals surface area contributed by atoms with Crippen LogP contribution in [0.5, 0.6) is 0 Å². The lowest BCUT2D eigenvalue weighted by molar-refractivity contribution is -0.172. The molecular weight excluding hydrogens is 453 g/mol. The fourth-order valence-electron chi connectivity index (χ4n) is 4.48. The van der Waals surface area contributed by atoms with E-state index in [0.29, 0.717) is 47.5 Å². The first-order valence-corrected chi connectivity index (χ1v) is 12.6. The van der Waals surface area contributed by atoms with Gasteiger partial charge in [0.2, 0.25) is 0 Å². The molecule has 3 aromatic rings. The fourth-order valence-corrected chi connectivity index (χ4v) is 4.48. The standard InChI is InChI=1S/C26H35F3N6/c1-5-19(11-17(3)26(27,28)29)24-25-22(33-18(4)13-31-25)12-23(34-24)30-10-6-7-16(2)20-14-32-35(15-20)21-8-9-21/h12-17,19,21H,5-11H2,1-4H3,(H,30,34). The number of halogens is 3. The predicted octanol–water partition coefficient (Wildman–Crippen LogP) is 6.94. The molecule has 1 aliphatic rings. The van der Waals surface area contributed by atoms with E-state index >= 15 is 0 Å². The van der Waals surface area contributed by atoms with Crippen molar-refractivity contribution in [1.29, 1.82) is 0 Å². The molecule has 3 aromatic heterocycles. The number of nitrogens with one attached hydrogen (secondary N) is 1. The van der Waals surface area contributed by atoms with Crippen LogP contribution in [-0.4, -0.2) is 37.5 Å². The quantitative estimate of drug-likeness (QED) is 0.296. The van der Waals surface area contributed by atoms with E-state index in [1.54, 1.807) is 6.20 Å². The van der Waals surface area contributed by atoms with Gasteiger partial charge in [0.1, 0.15) is 11.3 Å². The number of anilines is 1. The Morgan fingerprint density at radius 3 is 2.63 bits per heavy atom. The van der Waals surface area contributed by atoms with Crippen LogP contribution in [0, 0.1) is 12.8 Å². The smallest absolute Gasteiger partial charge is 0.370 e. The van der Waals surface area contributed by atoms with Crippen molar-refractivity contribution in [2.45, 2.75) is 90.3 Å². The molecule has 0 bridgehead atoms. The van der Waals surface area contributed by atoms with Gasteiger partial charge in [0.05, 0.1) is 35.1 Å². The Kier molecular flexibility index (Phi) is 7.62. The lowest BCUT2D eigenvalue weighted by Gasteiger charge is -2.23. The minimum Gasteiger partial charge on any atom is -0.370 e. The van der Waals surface area contributed by atoms with E-state index in [9.17, 15) is 13.2 Å². The van der Waals surface area contributed by atoms with Crippen molar-refractivity contribution in [3.63, 3.8) is 0 Å². The van der Waals surface area contributed by atoms with Crippen LogP contribution in [0.1, 0.15) is 94.1 Å². The second-order valence-corrected chi connectivity index (χ2v) is 10.0. The number of alkyl halides is 3. The molecule has 0 radical (unpaired) electrons. The summed E-state index contributed by atoms with van der Waals surface area (Å²) in [6.45, 7) is 7.92. The van der Waals surface area contributed by atoms with Gasteiger partial charge in [-0.2, -0.15) is 18.3 Å². The normalized spacial score (nSPS) is 16.9. The predicted molar refractivity (Wildman–Crippen MR) is 132 cm³/mol. The molecule has 190 valence electrons. The highest BCUT2D eigenvalue weighted by molar-refractivity contribution is 5.80. The van der Waals surface area contributed by atoms with Gasteiger partial charge >= 0.3 is 6.18 Å². The third-order valence-electron chi connectivity index (χ3n) is 6.98. The van der Waals surface area contributed by atoms with Crippen LogP contribution >= 0.6 is 0 Å². The van der Waals surface area contributed by atoms with Crippen LogP contribution in [0.4, 0.5) is 19.0 Å². The molecule has 1 N–H and O–H groups in total. The van der Waals surface area contributed by atoms with Gasteiger partial charge in [-0.15, -0.1) is 0 Å². The molecule has 0 aliphatic heterocycles. The Morgan fingerprint density at radius 2 is 1.94 bits per heavy atom. The summed E-state index contributed by atoms with van der Waals surface area (Å²) in [7, 11) is 0. The molecule has 1 saturated carbocycles. The van der Waals surface area contributed by atoms with Gasteiger partial charge in [-0.25, -0.2) is 9.97 Å². The third kappa shape index (κ3) is 6.30. The molecule has 4 rings (SSSR count). The Balaban J connectivity index is 1.45. The van der Waals surface area contributed by atoms with Gasteiger partial charge < -0.3 is 5.32 Å². The SMILES string of the molecule is CCC(CC(C)C(F)(F)F)c1nc(NCCCC(C)c2cnn(C3CC3)c2)cc2nc(C)cnc12. The zero-order chi connectivity index (χ0) is 25.2. The van der Waals surface area contributed by atoms with E-state index in [-0.39, 0.29) is 12.3 Å². The van der Waals surface area contributed by atoms with Crippen molar-refractivity contribution in [3.05, 3.63) is 41.6 Å². The second-order valence-electron chi connectivity index (χ2n) is 10.0. The first-order chi connectivity index (χ1) is 16.7. The molecule has 0 amide bonds. The van der Waals surface area contributed by atoms with Crippen molar-refractivity contribution in [2.75, 3.05) is 11.9 Å². The Labute approximate surface area is 204 Å². The highest BCUT2D eigenvalue weighted by atomic mass is 19.4. The van der Waals surface area contributed by atoms with Crippen molar-refractivity contribution in [3.8, 4) is 0 Å². The summed E-state index contributed by atoms with van der Waals surface area (Å²) in [5.41, 5.74) is 3.87. The van der Waals surface area contributed by atoms with Crippen LogP contribution in [0.2, 0.25) is 0 Å². The summed E-state index contributed by atoms with van der Waals surface area (Å²) >= 11 is 0. The van der Waals surface area contributed by atoms with E-state index in [1.165, 1.54) is 25.3 Å². The maximum Gasteiger partial charge on any atom is 0.391 e. The van der Waals surface area contributed by atoms with Crippen molar-refractivity contribution in [2.24, 2.45) is 5.92 Å². The Bertz CT molecular complexity index is 1140. The van der Waals surface area contributed by atoms with Gasteiger partial charge in [-0.3, -0.25) is 9.67 Å². The van der Waals surface area contributed by atoms with Gasteiger partial charge in [-0.1, -0.05) is 20.8 Å². The number of rotatable bonds is 11. The number of hydrogen-bond acceptors (Lipinski definition) is 5. The van der Waals surface area contributed by atoms with Gasteiger partial charge in [0.25, 0.3) is 0 Å². The Hall–Kier alpha value is -2.71. The Morgan fingerprint density at radius 1 is 1.17 bits per heavy atom. The molecule has 3 unspecified atom stereocenters. The van der Waals surface area contributed by atoms with Crippen molar-refractivity contribution in [1.82, 2.24) is 24.7 Å². The van der Waals surface area contributed by atoms with Gasteiger partial charge in [0.15, 0.2) is 0 Å². The molecule has 35 heavy (non-hydrogen) atoms. The lowest BCUT2D eigenvalue weighted by Crippen LogP contribution is -2.22. The van der Waals surface area contributed by atoms with Crippen LogP contribution in [-0.2, 0) is 0 Å². The topological polar surface area (TPSA) is 68.5 Å². The van der Waals surface area contributed by atoms with Crippen LogP contribution in [0.3, 0.4) is 0 Å². The molecule has 1 fully saturated rings. The highest BCUT2D eigenvalue weighted by Gasteiger charge is 2.37. The average molecular weight is 489 g/mol. The largest absolute Gasteiger partial charge is 0.391 e. The van der Waals surface area contributed by atoms with E-state index in [1.807, 2.05) is 26.1 Å². The second kappa shape index (κ2) is 10.5. The van der Waals surface area contributed by atoms with Crippen LogP contribution in [0.15, 0.2) is 24.7 Å². The van der Waals surface area contributed by atoms with Gasteiger partial charge in [-0.05, 0) is 56.9 Å². The maximum atomic E-state index is 13.3. The summed E-state index contributed by atoms with van der Waals surface area (Å²) in [4.78, 5) is 13.8. The number of aryl methyl sites for hydroxylation is 1. The van der Waals surface area contributed by atoms with Crippen molar-refractivity contribution >= 4 is 16.9 Å². The van der Waals surface area contributed by atoms with Crippen LogP contribution < -0.4 is 5.32 Å². The van der Waals surface area contributed by atoms with E-state index in [4.69, 9.17) is 4.98 Å². The monoisotopic (exact) mass is 488 g/mol. The first kappa shape index (κ1) is 25.4. The zero-order valence-electron chi connectivity index (χ0n) is 20.9. The summed E-state index contributed by atoms with van der Waals surface area (Å²) in [5, 5.41) is 7.87. The molecule has 9 heteroatoms. The molecule has 3 atom stereocenters. The fraction of sp³-hybridized carbons (Fsp3) is 0.615. The average Bonchev–Trinajstić information content (AvgIpc) is 3.54. The van der Waals surface area contributed by atoms with Crippen molar-refractivity contribution < 1.29 is 13.2 Å². The van der Waals surface area contributed by atoms with E-state index < -0.39 is 12.1 Å². The minimum atomic E-state index is -4.23. The molecule has 0 spiro atoms. The maximum absolute atomic E-state index is 13.3. The zero-order valence-corrected chi connectivity index (χ0v) is 20.9. The summed E-state index contributed by atoms with van der Waals surface area (Å²) in [5.74, 6) is -0.716. The number of aromatic nitrogens is 5.